The van der Waals surface area contributed by atoms with Gasteiger partial charge < -0.3 is 13.6 Å². The highest BCUT2D eigenvalue weighted by atomic mass is 35.5. The summed E-state index contributed by atoms with van der Waals surface area (Å²) in [6.07, 6.45) is 2.00. The van der Waals surface area contributed by atoms with Crippen molar-refractivity contribution < 1.29 is 23.2 Å². The van der Waals surface area contributed by atoms with Gasteiger partial charge in [-0.3, -0.25) is 9.59 Å². The molecule has 0 saturated heterocycles. The maximum atomic E-state index is 12.9. The van der Waals surface area contributed by atoms with Gasteiger partial charge in [0.05, 0.1) is 12.0 Å². The molecule has 0 spiro atoms. The Labute approximate surface area is 203 Å². The molecule has 0 N–H and O–H groups in total. The number of fused-ring (bicyclic) bond motifs is 1. The minimum absolute atomic E-state index is 0.0407. The van der Waals surface area contributed by atoms with Gasteiger partial charge >= 0.3 is 5.97 Å². The first-order valence-electron chi connectivity index (χ1n) is 10.4. The number of aromatic nitrogens is 1. The Bertz CT molecular complexity index is 1320. The lowest BCUT2D eigenvalue weighted by molar-refractivity contribution is -0.150. The van der Waals surface area contributed by atoms with Gasteiger partial charge in [-0.2, -0.15) is 5.10 Å². The fraction of sp³-hybridized carbons (Fsp3) is 0.167. The highest BCUT2D eigenvalue weighted by Crippen LogP contribution is 2.33. The molecule has 0 fully saturated rings. The van der Waals surface area contributed by atoms with Crippen molar-refractivity contribution in [2.45, 2.75) is 17.7 Å². The first-order valence-corrected chi connectivity index (χ1v) is 11.8. The molecule has 4 aromatic rings. The van der Waals surface area contributed by atoms with E-state index in [2.05, 4.69) is 10.1 Å². The Morgan fingerprint density at radius 3 is 2.71 bits per heavy atom. The first-order chi connectivity index (χ1) is 16.6. The van der Waals surface area contributed by atoms with Gasteiger partial charge in [0.1, 0.15) is 23.1 Å². The van der Waals surface area contributed by atoms with Crippen molar-refractivity contribution in [3.63, 3.8) is 0 Å². The number of hydrogen-bond acceptors (Lipinski definition) is 8. The van der Waals surface area contributed by atoms with E-state index in [1.54, 1.807) is 36.6 Å². The number of benzene rings is 2. The zero-order chi connectivity index (χ0) is 23.5. The highest BCUT2D eigenvalue weighted by molar-refractivity contribution is 7.99. The van der Waals surface area contributed by atoms with E-state index in [1.807, 2.05) is 30.3 Å². The summed E-state index contributed by atoms with van der Waals surface area (Å²) in [5.41, 5.74) is 2.91. The van der Waals surface area contributed by atoms with E-state index >= 15 is 0 Å². The topological polar surface area (TPSA) is 98.1 Å². The summed E-state index contributed by atoms with van der Waals surface area (Å²) in [6, 6.07) is 17.7. The van der Waals surface area contributed by atoms with Gasteiger partial charge in [0.2, 0.25) is 0 Å². The van der Waals surface area contributed by atoms with Crippen LogP contribution in [0.25, 0.3) is 11.1 Å². The SMILES string of the molecule is O=C(CSc1nc2ccccc2o1)OCC(=O)N1N=C(c2ccc(Cl)cc2)CC1c1ccco1. The molecule has 10 heteroatoms. The average Bonchev–Trinajstić information content (AvgIpc) is 3.60. The Balaban J connectivity index is 1.22. The average molecular weight is 496 g/mol. The molecule has 0 aliphatic carbocycles. The van der Waals surface area contributed by atoms with Gasteiger partial charge in [0.25, 0.3) is 11.1 Å². The summed E-state index contributed by atoms with van der Waals surface area (Å²) in [7, 11) is 0. The number of furan rings is 1. The number of thioether (sulfide) groups is 1. The van der Waals surface area contributed by atoms with Crippen LogP contribution in [0.4, 0.5) is 0 Å². The molecule has 34 heavy (non-hydrogen) atoms. The van der Waals surface area contributed by atoms with Crippen LogP contribution >= 0.6 is 23.4 Å². The second kappa shape index (κ2) is 9.74. The summed E-state index contributed by atoms with van der Waals surface area (Å²) in [6.45, 7) is -0.443. The number of carbonyl (C=O) groups excluding carboxylic acids is 2. The van der Waals surface area contributed by atoms with Gasteiger partial charge in [-0.25, -0.2) is 9.99 Å². The Hall–Kier alpha value is -3.56. The molecular formula is C24H18ClN3O5S. The highest BCUT2D eigenvalue weighted by Gasteiger charge is 2.35. The summed E-state index contributed by atoms with van der Waals surface area (Å²) < 4.78 is 16.3. The second-order valence-electron chi connectivity index (χ2n) is 7.42. The predicted molar refractivity (Wildman–Crippen MR) is 127 cm³/mol. The normalized spacial score (nSPS) is 15.5. The number of rotatable bonds is 7. The van der Waals surface area contributed by atoms with Crippen molar-refractivity contribution in [3.8, 4) is 0 Å². The van der Waals surface area contributed by atoms with Crippen LogP contribution in [0.15, 0.2) is 86.1 Å². The van der Waals surface area contributed by atoms with Gasteiger partial charge in [-0.15, -0.1) is 0 Å². The zero-order valence-electron chi connectivity index (χ0n) is 17.7. The number of nitrogens with zero attached hydrogens (tertiary/aromatic N) is 3. The van der Waals surface area contributed by atoms with Crippen LogP contribution in [0, 0.1) is 0 Å². The molecule has 0 radical (unpaired) electrons. The largest absolute Gasteiger partial charge is 0.467 e. The van der Waals surface area contributed by atoms with Crippen molar-refractivity contribution in [1.29, 1.82) is 0 Å². The third-order valence-corrected chi connectivity index (χ3v) is 6.21. The van der Waals surface area contributed by atoms with Gasteiger partial charge in [-0.05, 0) is 42.0 Å². The van der Waals surface area contributed by atoms with Gasteiger partial charge in [-0.1, -0.05) is 47.6 Å². The molecule has 1 unspecified atom stereocenters. The smallest absolute Gasteiger partial charge is 0.316 e. The van der Waals surface area contributed by atoms with Crippen molar-refractivity contribution >= 4 is 52.1 Å². The number of hydrogen-bond donors (Lipinski definition) is 0. The number of amides is 1. The molecular weight excluding hydrogens is 478 g/mol. The zero-order valence-corrected chi connectivity index (χ0v) is 19.3. The lowest BCUT2D eigenvalue weighted by atomic mass is 10.0. The number of esters is 1. The van der Waals surface area contributed by atoms with Crippen molar-refractivity contribution in [2.24, 2.45) is 5.10 Å². The van der Waals surface area contributed by atoms with Crippen molar-refractivity contribution in [3.05, 3.63) is 83.3 Å². The predicted octanol–water partition coefficient (Wildman–Crippen LogP) is 5.09. The molecule has 8 nitrogen and oxygen atoms in total. The summed E-state index contributed by atoms with van der Waals surface area (Å²) >= 11 is 7.09. The van der Waals surface area contributed by atoms with Gasteiger partial charge in [0.15, 0.2) is 12.2 Å². The molecule has 2 aromatic heterocycles. The summed E-state index contributed by atoms with van der Waals surface area (Å²) in [5, 5.41) is 6.78. The number of hydrazone groups is 1. The van der Waals surface area contributed by atoms with Crippen molar-refractivity contribution in [1.82, 2.24) is 9.99 Å². The number of carbonyl (C=O) groups is 2. The maximum Gasteiger partial charge on any atom is 0.316 e. The van der Waals surface area contributed by atoms with Crippen LogP contribution in [-0.2, 0) is 14.3 Å². The molecule has 1 aliphatic heterocycles. The minimum atomic E-state index is -0.559. The monoisotopic (exact) mass is 495 g/mol. The molecule has 1 aliphatic rings. The number of oxazole rings is 1. The summed E-state index contributed by atoms with van der Waals surface area (Å²) in [4.78, 5) is 29.4. The van der Waals surface area contributed by atoms with E-state index in [1.165, 1.54) is 5.01 Å². The van der Waals surface area contributed by atoms with E-state index in [-0.39, 0.29) is 5.75 Å². The molecule has 3 heterocycles. The fourth-order valence-electron chi connectivity index (χ4n) is 3.54. The van der Waals surface area contributed by atoms with E-state index < -0.39 is 24.5 Å². The van der Waals surface area contributed by atoms with E-state index in [9.17, 15) is 9.59 Å². The minimum Gasteiger partial charge on any atom is -0.467 e. The first kappa shape index (κ1) is 22.2. The van der Waals surface area contributed by atoms with E-state index in [4.69, 9.17) is 25.2 Å². The lowest BCUT2D eigenvalue weighted by Crippen LogP contribution is -2.31. The Morgan fingerprint density at radius 1 is 1.12 bits per heavy atom. The molecule has 1 amide bonds. The van der Waals surface area contributed by atoms with E-state index in [0.29, 0.717) is 39.2 Å². The Kier molecular flexibility index (Phi) is 6.37. The molecule has 0 saturated carbocycles. The third-order valence-electron chi connectivity index (χ3n) is 5.16. The fourth-order valence-corrected chi connectivity index (χ4v) is 4.31. The summed E-state index contributed by atoms with van der Waals surface area (Å²) in [5.74, 6) is -0.457. The van der Waals surface area contributed by atoms with Crippen LogP contribution in [0.1, 0.15) is 23.8 Å². The molecule has 2 aromatic carbocycles. The van der Waals surface area contributed by atoms with Crippen LogP contribution in [0.2, 0.25) is 5.02 Å². The molecule has 1 atom stereocenters. The standard InChI is InChI=1S/C24H18ClN3O5S/c25-16-9-7-15(8-10-16)18-12-19(21-6-3-11-31-21)28(27-18)22(29)13-32-23(30)14-34-24-26-17-4-1-2-5-20(17)33-24/h1-11,19H,12-14H2. The van der Waals surface area contributed by atoms with Crippen molar-refractivity contribution in [2.75, 3.05) is 12.4 Å². The quantitative estimate of drug-likeness (QED) is 0.260. The number of ether oxygens (including phenoxy) is 1. The third kappa shape index (κ3) is 4.85. The Morgan fingerprint density at radius 2 is 1.94 bits per heavy atom. The van der Waals surface area contributed by atoms with E-state index in [0.717, 1.165) is 17.3 Å². The van der Waals surface area contributed by atoms with Crippen LogP contribution in [0.3, 0.4) is 0 Å². The van der Waals surface area contributed by atoms with Crippen LogP contribution < -0.4 is 0 Å². The molecule has 172 valence electrons. The van der Waals surface area contributed by atoms with Gasteiger partial charge in [0, 0.05) is 11.4 Å². The second-order valence-corrected chi connectivity index (χ2v) is 8.79. The lowest BCUT2D eigenvalue weighted by Gasteiger charge is -2.19. The van der Waals surface area contributed by atoms with Crippen LogP contribution in [-0.4, -0.2) is 39.9 Å². The molecule has 0 bridgehead atoms. The maximum absolute atomic E-state index is 12.9. The number of halogens is 1. The number of para-hydroxylation sites is 2. The molecule has 5 rings (SSSR count). The van der Waals surface area contributed by atoms with Crippen LogP contribution in [0.5, 0.6) is 0 Å².